The minimum Gasteiger partial charge on any atom is -0.469 e. The van der Waals surface area contributed by atoms with Crippen molar-refractivity contribution in [2.45, 2.75) is 45.6 Å². The van der Waals surface area contributed by atoms with E-state index in [0.717, 1.165) is 71.0 Å². The number of nitrogens with zero attached hydrogens (tertiary/aromatic N) is 4. The lowest BCUT2D eigenvalue weighted by atomic mass is 9.73. The average Bonchev–Trinajstić information content (AvgIpc) is 3.43. The van der Waals surface area contributed by atoms with Crippen molar-refractivity contribution in [3.8, 4) is 0 Å². The van der Waals surface area contributed by atoms with Crippen LogP contribution in [0, 0.1) is 11.3 Å². The Morgan fingerprint density at radius 2 is 1.52 bits per heavy atom. The summed E-state index contributed by atoms with van der Waals surface area (Å²) in [5, 5.41) is 0. The molecule has 2 saturated heterocycles. The molecule has 0 N–H and O–H groups in total. The number of hydrogen-bond acceptors (Lipinski definition) is 9. The molecule has 0 radical (unpaired) electrons. The molecule has 2 aromatic carbocycles. The molecule has 3 heterocycles. The van der Waals surface area contributed by atoms with Crippen molar-refractivity contribution < 1.29 is 23.8 Å². The summed E-state index contributed by atoms with van der Waals surface area (Å²) in [6.45, 7) is 15.2. The predicted octanol–water partition coefficient (Wildman–Crippen LogP) is 5.00. The molecule has 48 heavy (non-hydrogen) atoms. The van der Waals surface area contributed by atoms with Crippen LogP contribution in [0.1, 0.15) is 24.0 Å². The van der Waals surface area contributed by atoms with E-state index in [4.69, 9.17) is 9.47 Å². The van der Waals surface area contributed by atoms with E-state index in [9.17, 15) is 9.59 Å². The standard InChI is InChI=1S/C17H24N2O2.C13H23NOSi.C8H13NO2/c1-18-9-8-15-11-19(10-14-6-4-3-5-7-14)13-17(15,12-18)16(20)21-2;1-15-11-14(12-16(2,3)4)10-13-8-6-5-7-9-13;1-9-5-3-4-7(6-9)8(10)11-2/h3-7,15H,8-13H2,1-2H3;5-9H,10-12H2,1-4H3;4H,3,5-6H2,1-2H3. The Morgan fingerprint density at radius 3 is 2.08 bits per heavy atom. The number of fused-ring (bicyclic) bond motifs is 1. The summed E-state index contributed by atoms with van der Waals surface area (Å²) in [5.74, 6) is 0.191. The second-order valence-electron chi connectivity index (χ2n) is 14.7. The molecule has 266 valence electrons. The number of benzene rings is 2. The van der Waals surface area contributed by atoms with Crippen LogP contribution < -0.4 is 0 Å². The van der Waals surface area contributed by atoms with Crippen LogP contribution in [-0.2, 0) is 36.9 Å². The highest BCUT2D eigenvalue weighted by molar-refractivity contribution is 6.76. The molecule has 0 aromatic heterocycles. The SMILES string of the molecule is COC(=O)C12CN(C)CCC1CN(Cc1ccccc1)C2.COC(=O)C1=CCCN(C)C1.COCN(Cc1ccccc1)C[Si](C)(C)C. The summed E-state index contributed by atoms with van der Waals surface area (Å²) in [5.41, 5.74) is 3.11. The minimum atomic E-state index is -1.07. The van der Waals surface area contributed by atoms with Gasteiger partial charge in [-0.05, 0) is 56.7 Å². The van der Waals surface area contributed by atoms with Crippen molar-refractivity contribution in [3.05, 3.63) is 83.4 Å². The van der Waals surface area contributed by atoms with E-state index in [1.54, 1.807) is 7.11 Å². The van der Waals surface area contributed by atoms with E-state index in [0.29, 0.717) is 12.5 Å². The van der Waals surface area contributed by atoms with E-state index < -0.39 is 8.07 Å². The lowest BCUT2D eigenvalue weighted by molar-refractivity contribution is -0.157. The third-order valence-corrected chi connectivity index (χ3v) is 10.5. The minimum absolute atomic E-state index is 0.0328. The van der Waals surface area contributed by atoms with Crippen LogP contribution in [0.25, 0.3) is 0 Å². The van der Waals surface area contributed by atoms with Crippen LogP contribution in [0.2, 0.25) is 19.6 Å². The van der Waals surface area contributed by atoms with Crippen molar-refractivity contribution in [2.75, 3.05) is 87.6 Å². The highest BCUT2D eigenvalue weighted by Crippen LogP contribution is 2.43. The number of rotatable bonds is 10. The molecule has 2 fully saturated rings. The van der Waals surface area contributed by atoms with Gasteiger partial charge in [0, 0.05) is 58.5 Å². The molecule has 10 heteroatoms. The Morgan fingerprint density at radius 1 is 0.875 bits per heavy atom. The van der Waals surface area contributed by atoms with Crippen molar-refractivity contribution in [1.82, 2.24) is 19.6 Å². The summed E-state index contributed by atoms with van der Waals surface area (Å²) in [4.78, 5) is 32.6. The number of likely N-dealkylation sites (tertiary alicyclic amines) is 2. The van der Waals surface area contributed by atoms with Crippen LogP contribution in [0.4, 0.5) is 0 Å². The predicted molar refractivity (Wildman–Crippen MR) is 196 cm³/mol. The first kappa shape index (κ1) is 39.6. The van der Waals surface area contributed by atoms with Gasteiger partial charge in [0.25, 0.3) is 0 Å². The number of methoxy groups -OCH3 is 3. The van der Waals surface area contributed by atoms with Crippen molar-refractivity contribution >= 4 is 20.0 Å². The van der Waals surface area contributed by atoms with Crippen LogP contribution in [0.15, 0.2) is 72.3 Å². The largest absolute Gasteiger partial charge is 0.469 e. The molecule has 2 aromatic rings. The summed E-state index contributed by atoms with van der Waals surface area (Å²) < 4.78 is 15.0. The van der Waals surface area contributed by atoms with Gasteiger partial charge in [0.05, 0.1) is 34.4 Å². The van der Waals surface area contributed by atoms with Crippen LogP contribution in [0.5, 0.6) is 0 Å². The van der Waals surface area contributed by atoms with Gasteiger partial charge >= 0.3 is 11.9 Å². The highest BCUT2D eigenvalue weighted by Gasteiger charge is 2.54. The third-order valence-electron chi connectivity index (χ3n) is 9.07. The number of carbonyl (C=O) groups excluding carboxylic acids is 2. The molecule has 0 bridgehead atoms. The maximum absolute atomic E-state index is 12.4. The van der Waals surface area contributed by atoms with Crippen LogP contribution in [-0.4, -0.2) is 127 Å². The Hall–Kier alpha value is -2.86. The molecule has 3 aliphatic rings. The first-order chi connectivity index (χ1) is 22.9. The molecular weight excluding hydrogens is 621 g/mol. The number of likely N-dealkylation sites (N-methyl/N-ethyl adjacent to an activating group) is 1. The van der Waals surface area contributed by atoms with Gasteiger partial charge in [-0.25, -0.2) is 4.79 Å². The molecule has 2 unspecified atom stereocenters. The molecule has 0 spiro atoms. The molecule has 2 atom stereocenters. The van der Waals surface area contributed by atoms with Crippen LogP contribution >= 0.6 is 0 Å². The molecule has 5 rings (SSSR count). The summed E-state index contributed by atoms with van der Waals surface area (Å²) in [7, 11) is 7.73. The van der Waals surface area contributed by atoms with Gasteiger partial charge in [-0.15, -0.1) is 0 Å². The maximum atomic E-state index is 12.4. The average molecular weight is 681 g/mol. The molecule has 0 amide bonds. The fraction of sp³-hybridized carbons (Fsp3) is 0.579. The van der Waals surface area contributed by atoms with Gasteiger partial charge in [0.1, 0.15) is 0 Å². The second kappa shape index (κ2) is 19.4. The monoisotopic (exact) mass is 680 g/mol. The lowest BCUT2D eigenvalue weighted by Gasteiger charge is -2.40. The lowest BCUT2D eigenvalue weighted by Crippen LogP contribution is -2.52. The second-order valence-corrected chi connectivity index (χ2v) is 20.2. The molecule has 0 aliphatic carbocycles. The van der Waals surface area contributed by atoms with Gasteiger partial charge in [-0.3, -0.25) is 14.6 Å². The van der Waals surface area contributed by atoms with Crippen molar-refractivity contribution in [1.29, 1.82) is 0 Å². The third kappa shape index (κ3) is 12.5. The fourth-order valence-electron chi connectivity index (χ4n) is 7.04. The molecule has 3 aliphatic heterocycles. The summed E-state index contributed by atoms with van der Waals surface area (Å²) in [6.07, 6.45) is 5.15. The Kier molecular flexibility index (Phi) is 16.0. The smallest absolute Gasteiger partial charge is 0.334 e. The first-order valence-corrected chi connectivity index (χ1v) is 20.8. The molecule has 0 saturated carbocycles. The zero-order valence-corrected chi connectivity index (χ0v) is 31.7. The van der Waals surface area contributed by atoms with Gasteiger partial charge in [0.2, 0.25) is 0 Å². The number of piperidine rings is 1. The Labute approximate surface area is 290 Å². The van der Waals surface area contributed by atoms with E-state index in [1.165, 1.54) is 31.5 Å². The molecule has 9 nitrogen and oxygen atoms in total. The van der Waals surface area contributed by atoms with Gasteiger partial charge in [-0.2, -0.15) is 0 Å². The quantitative estimate of drug-likeness (QED) is 0.196. The van der Waals surface area contributed by atoms with Crippen LogP contribution in [0.3, 0.4) is 0 Å². The van der Waals surface area contributed by atoms with Gasteiger partial charge < -0.3 is 24.0 Å². The van der Waals surface area contributed by atoms with E-state index in [2.05, 4.69) is 106 Å². The number of ether oxygens (including phenoxy) is 3. The zero-order valence-electron chi connectivity index (χ0n) is 30.7. The highest BCUT2D eigenvalue weighted by atomic mass is 28.3. The van der Waals surface area contributed by atoms with Crippen molar-refractivity contribution in [3.63, 3.8) is 0 Å². The zero-order chi connectivity index (χ0) is 35.2. The number of esters is 2. The van der Waals surface area contributed by atoms with Gasteiger partial charge in [-0.1, -0.05) is 86.4 Å². The summed E-state index contributed by atoms with van der Waals surface area (Å²) >= 11 is 0. The van der Waals surface area contributed by atoms with Crippen molar-refractivity contribution in [2.24, 2.45) is 11.3 Å². The first-order valence-electron chi connectivity index (χ1n) is 17.1. The number of hydrogen-bond donors (Lipinski definition) is 0. The van der Waals surface area contributed by atoms with E-state index >= 15 is 0 Å². The Bertz CT molecular complexity index is 1290. The molecular formula is C38H60N4O5Si. The van der Waals surface area contributed by atoms with Gasteiger partial charge in [0.15, 0.2) is 0 Å². The summed E-state index contributed by atoms with van der Waals surface area (Å²) in [6, 6.07) is 21.1. The number of carbonyl (C=O) groups is 2. The topological polar surface area (TPSA) is 74.8 Å². The van der Waals surface area contributed by atoms with E-state index in [-0.39, 0.29) is 17.4 Å². The fourth-order valence-corrected chi connectivity index (χ4v) is 8.58. The maximum Gasteiger partial charge on any atom is 0.334 e. The normalized spacial score (nSPS) is 21.6. The van der Waals surface area contributed by atoms with E-state index in [1.807, 2.05) is 19.2 Å². The Balaban J connectivity index is 0.000000206.